The number of rotatable bonds is 5. The molecule has 4 aliphatic carbocycles. The molecule has 32 heavy (non-hydrogen) atoms. The molecule has 0 aliphatic heterocycles. The molecule has 3 atom stereocenters. The monoisotopic (exact) mass is 546 g/mol. The van der Waals surface area contributed by atoms with Crippen molar-refractivity contribution < 1.29 is 64.8 Å². The van der Waals surface area contributed by atoms with Gasteiger partial charge in [0.2, 0.25) is 0 Å². The van der Waals surface area contributed by atoms with Crippen molar-refractivity contribution in [2.75, 3.05) is 0 Å². The second-order valence-corrected chi connectivity index (χ2v) is 16.1. The average Bonchev–Trinajstić information content (AvgIpc) is 2.48. The van der Waals surface area contributed by atoms with Gasteiger partial charge in [0.15, 0.2) is 9.84 Å². The Hall–Kier alpha value is -0.780. The van der Waals surface area contributed by atoms with Crippen LogP contribution in [0.1, 0.15) is 38.5 Å². The zero-order valence-corrected chi connectivity index (χ0v) is 18.0. The van der Waals surface area contributed by atoms with E-state index in [1.54, 1.807) is 0 Å². The van der Waals surface area contributed by atoms with Crippen LogP contribution in [0, 0.1) is 11.8 Å². The molecule has 0 N–H and O–H groups in total. The second kappa shape index (κ2) is 6.66. The van der Waals surface area contributed by atoms with Crippen LogP contribution in [0.4, 0.5) is 39.5 Å². The van der Waals surface area contributed by atoms with Crippen LogP contribution in [0.25, 0.3) is 0 Å². The predicted octanol–water partition coefficient (Wildman–Crippen LogP) is 3.25. The topological polar surface area (TPSA) is 102 Å². The summed E-state index contributed by atoms with van der Waals surface area (Å²) in [6.07, 6.45) is -10.2. The first-order valence-electron chi connectivity index (χ1n) is 8.84. The minimum atomic E-state index is -7.95. The summed E-state index contributed by atoms with van der Waals surface area (Å²) >= 11 is 0. The third-order valence-electron chi connectivity index (χ3n) is 6.31. The van der Waals surface area contributed by atoms with E-state index in [4.69, 9.17) is 0 Å². The second-order valence-electron chi connectivity index (χ2n) is 8.68. The third-order valence-corrected chi connectivity index (χ3v) is 15.7. The number of hydrogen-bond acceptors (Lipinski definition) is 6. The van der Waals surface area contributed by atoms with Crippen LogP contribution in [0.3, 0.4) is 0 Å². The molecule has 4 rings (SSSR count). The third kappa shape index (κ3) is 3.36. The van der Waals surface area contributed by atoms with Gasteiger partial charge in [0.05, 0.1) is 4.75 Å². The Kier molecular flexibility index (Phi) is 5.38. The van der Waals surface area contributed by atoms with E-state index in [0.717, 1.165) is 0 Å². The van der Waals surface area contributed by atoms with Crippen LogP contribution in [0.2, 0.25) is 0 Å². The lowest BCUT2D eigenvalue weighted by Crippen LogP contribution is -2.65. The summed E-state index contributed by atoms with van der Waals surface area (Å²) in [6, 6.07) is 0. The molecule has 6 nitrogen and oxygen atoms in total. The van der Waals surface area contributed by atoms with E-state index < -0.39 is 91.9 Å². The highest BCUT2D eigenvalue weighted by molar-refractivity contribution is 8.25. The summed E-state index contributed by atoms with van der Waals surface area (Å²) in [6.45, 7) is 0. The van der Waals surface area contributed by atoms with E-state index in [1.165, 1.54) is 0 Å². The first-order valence-corrected chi connectivity index (χ1v) is 13.5. The molecule has 4 aliphatic rings. The Labute approximate surface area is 176 Å². The highest BCUT2D eigenvalue weighted by Crippen LogP contribution is 2.63. The van der Waals surface area contributed by atoms with Crippen molar-refractivity contribution in [2.45, 2.75) is 69.8 Å². The fraction of sp³-hybridized carbons (Fsp3) is 1.00. The summed E-state index contributed by atoms with van der Waals surface area (Å²) < 4.78 is 186. The zero-order chi connectivity index (χ0) is 25.0. The Morgan fingerprint density at radius 1 is 0.719 bits per heavy atom. The van der Waals surface area contributed by atoms with E-state index >= 15 is 4.39 Å². The van der Waals surface area contributed by atoms with E-state index in [-0.39, 0.29) is 19.3 Å². The lowest BCUT2D eigenvalue weighted by atomic mass is 9.54. The van der Waals surface area contributed by atoms with Crippen LogP contribution in [-0.2, 0) is 29.5 Å². The van der Waals surface area contributed by atoms with Gasteiger partial charge in [0, 0.05) is 6.42 Å². The van der Waals surface area contributed by atoms with Gasteiger partial charge in [0.1, 0.15) is 5.67 Å². The maximum Gasteiger partial charge on any atom is 0.499 e. The Morgan fingerprint density at radius 2 is 1.16 bits per heavy atom. The van der Waals surface area contributed by atoms with Crippen LogP contribution >= 0.6 is 0 Å². The van der Waals surface area contributed by atoms with Crippen LogP contribution < -0.4 is 0 Å². The maximum absolute atomic E-state index is 15.1. The molecular formula is C14H15F9O6S3. The van der Waals surface area contributed by atoms with Crippen molar-refractivity contribution >= 4 is 29.5 Å². The molecule has 18 heteroatoms. The summed E-state index contributed by atoms with van der Waals surface area (Å²) in [7, 11) is -22.2. The number of alkyl halides is 9. The van der Waals surface area contributed by atoms with Gasteiger partial charge in [0.25, 0.3) is 23.6 Å². The van der Waals surface area contributed by atoms with E-state index in [0.29, 0.717) is 0 Å². The molecule has 4 saturated carbocycles. The van der Waals surface area contributed by atoms with Crippen molar-refractivity contribution in [2.24, 2.45) is 11.8 Å². The van der Waals surface area contributed by atoms with Gasteiger partial charge in [-0.3, -0.25) is 0 Å². The van der Waals surface area contributed by atoms with Crippen LogP contribution in [0.5, 0.6) is 0 Å². The molecule has 0 saturated heterocycles. The lowest BCUT2D eigenvalue weighted by Gasteiger charge is -2.58. The Balaban J connectivity index is 2.31. The molecular weight excluding hydrogens is 531 g/mol. The molecule has 0 heterocycles. The summed E-state index contributed by atoms with van der Waals surface area (Å²) in [4.78, 5) is 0. The minimum Gasteiger partial charge on any atom is -0.244 e. The van der Waals surface area contributed by atoms with Gasteiger partial charge in [-0.1, -0.05) is 0 Å². The van der Waals surface area contributed by atoms with Crippen molar-refractivity contribution in [1.82, 2.24) is 0 Å². The van der Waals surface area contributed by atoms with Gasteiger partial charge in [-0.15, -0.1) is 0 Å². The van der Waals surface area contributed by atoms with E-state index in [2.05, 4.69) is 0 Å². The molecule has 0 spiro atoms. The fourth-order valence-corrected chi connectivity index (χ4v) is 14.7. The molecule has 0 aromatic rings. The van der Waals surface area contributed by atoms with E-state index in [1.807, 2.05) is 0 Å². The Bertz CT molecular complexity index is 1110. The first kappa shape index (κ1) is 25.8. The smallest absolute Gasteiger partial charge is 0.244 e. The highest BCUT2D eigenvalue weighted by Gasteiger charge is 2.78. The summed E-state index contributed by atoms with van der Waals surface area (Å²) in [5.41, 5.74) is -9.19. The van der Waals surface area contributed by atoms with Gasteiger partial charge < -0.3 is 0 Å². The first-order chi connectivity index (χ1) is 13.9. The molecule has 3 unspecified atom stereocenters. The lowest BCUT2D eigenvalue weighted by molar-refractivity contribution is -0.241. The zero-order valence-electron chi connectivity index (χ0n) is 15.6. The van der Waals surface area contributed by atoms with Crippen molar-refractivity contribution in [1.29, 1.82) is 0 Å². The minimum absolute atomic E-state index is 0.172. The van der Waals surface area contributed by atoms with Gasteiger partial charge >= 0.3 is 16.9 Å². The Morgan fingerprint density at radius 3 is 1.50 bits per heavy atom. The van der Waals surface area contributed by atoms with Crippen molar-refractivity contribution in [3.05, 3.63) is 0 Å². The molecule has 4 bridgehead atoms. The molecule has 0 aromatic heterocycles. The van der Waals surface area contributed by atoms with Gasteiger partial charge in [-0.05, 0) is 43.9 Å². The average molecular weight is 546 g/mol. The van der Waals surface area contributed by atoms with Crippen molar-refractivity contribution in [3.8, 4) is 0 Å². The largest absolute Gasteiger partial charge is 0.499 e. The molecule has 0 amide bonds. The number of sulfone groups is 3. The highest BCUT2D eigenvalue weighted by atomic mass is 32.3. The molecule has 0 radical (unpaired) electrons. The standard InChI is InChI=1S/C14H15F9O6S3/c15-10-2-7-1-8(3-10)5-11(4-7,6-10)30(24,25)9(32(28,29)14(21,22)23)31(26,27)13(19,20)12(16,17)18/h7-9H,1-6H2. The van der Waals surface area contributed by atoms with Gasteiger partial charge in [-0.25, -0.2) is 29.6 Å². The normalized spacial score (nSPS) is 35.2. The van der Waals surface area contributed by atoms with Crippen molar-refractivity contribution in [3.63, 3.8) is 0 Å². The van der Waals surface area contributed by atoms with E-state index in [9.17, 15) is 60.4 Å². The van der Waals surface area contributed by atoms with Crippen LogP contribution in [0.15, 0.2) is 0 Å². The number of hydrogen-bond donors (Lipinski definition) is 0. The maximum atomic E-state index is 15.1. The SMILES string of the molecule is O=S(=O)(C(S(=O)(=O)C12CC3CC(CC(F)(C3)C1)C2)S(=O)(=O)C(F)(F)C(F)(F)F)C(F)(F)F. The summed E-state index contributed by atoms with van der Waals surface area (Å²) in [5, 5.41) is -7.16. The van der Waals surface area contributed by atoms with Gasteiger partial charge in [-0.2, -0.15) is 35.1 Å². The molecule has 4 fully saturated rings. The summed E-state index contributed by atoms with van der Waals surface area (Å²) in [5.74, 6) is -1.70. The molecule has 0 aromatic carbocycles. The predicted molar refractivity (Wildman–Crippen MR) is 88.9 cm³/mol. The van der Waals surface area contributed by atoms with Crippen LogP contribution in [-0.4, -0.2) is 56.5 Å². The molecule has 188 valence electrons. The quantitative estimate of drug-likeness (QED) is 0.491. The fourth-order valence-electron chi connectivity index (χ4n) is 5.50. The number of halogens is 9.